The van der Waals surface area contributed by atoms with E-state index in [-0.39, 0.29) is 6.03 Å². The Hall–Kier alpha value is -0.730. The second kappa shape index (κ2) is 6.12. The van der Waals surface area contributed by atoms with E-state index in [9.17, 15) is 4.79 Å². The van der Waals surface area contributed by atoms with Crippen molar-refractivity contribution in [3.05, 3.63) is 0 Å². The Morgan fingerprint density at radius 3 is 2.25 bits per heavy atom. The molecule has 1 rings (SSSR count). The van der Waals surface area contributed by atoms with Crippen LogP contribution in [0.3, 0.4) is 0 Å². The Labute approximate surface area is 99.8 Å². The Kier molecular flexibility index (Phi) is 5.10. The summed E-state index contributed by atoms with van der Waals surface area (Å²) in [4.78, 5) is 15.9. The van der Waals surface area contributed by atoms with E-state index in [4.69, 9.17) is 0 Å². The van der Waals surface area contributed by atoms with E-state index >= 15 is 0 Å². The minimum absolute atomic E-state index is 0.188. The van der Waals surface area contributed by atoms with Gasteiger partial charge in [-0.05, 0) is 25.2 Å². The van der Waals surface area contributed by atoms with Crippen LogP contribution in [0.4, 0.5) is 4.79 Å². The maximum atomic E-state index is 12.1. The second-order valence-corrected chi connectivity index (χ2v) is 5.49. The van der Waals surface area contributed by atoms with Crippen molar-refractivity contribution < 1.29 is 4.79 Å². The first-order chi connectivity index (χ1) is 7.52. The molecule has 1 fully saturated rings. The third-order valence-corrected chi connectivity index (χ3v) is 3.34. The highest BCUT2D eigenvalue weighted by Crippen LogP contribution is 2.24. The molecule has 0 bridgehead atoms. The number of carbonyl (C=O) groups excluding carboxylic acids is 1. The summed E-state index contributed by atoms with van der Waals surface area (Å²) >= 11 is 0. The number of rotatable bonds is 4. The zero-order valence-electron chi connectivity index (χ0n) is 11.2. The lowest BCUT2D eigenvalue weighted by Gasteiger charge is -2.32. The monoisotopic (exact) mass is 226 g/mol. The number of hydrogen-bond acceptors (Lipinski definition) is 1. The van der Waals surface area contributed by atoms with Gasteiger partial charge >= 0.3 is 6.03 Å². The lowest BCUT2D eigenvalue weighted by Crippen LogP contribution is -2.45. The van der Waals surface area contributed by atoms with E-state index in [2.05, 4.69) is 18.7 Å². The maximum Gasteiger partial charge on any atom is 0.319 e. The average Bonchev–Trinajstić information content (AvgIpc) is 2.70. The van der Waals surface area contributed by atoms with Crippen LogP contribution in [0.1, 0.15) is 46.0 Å². The molecule has 3 nitrogen and oxygen atoms in total. The average molecular weight is 226 g/mol. The molecule has 1 saturated carbocycles. The molecule has 94 valence electrons. The topological polar surface area (TPSA) is 23.6 Å². The summed E-state index contributed by atoms with van der Waals surface area (Å²) in [7, 11) is 3.69. The van der Waals surface area contributed by atoms with Crippen LogP contribution in [0.2, 0.25) is 0 Å². The van der Waals surface area contributed by atoms with Gasteiger partial charge in [-0.1, -0.05) is 26.7 Å². The van der Waals surface area contributed by atoms with Gasteiger partial charge in [0.1, 0.15) is 0 Å². The molecule has 3 heteroatoms. The molecule has 0 saturated heterocycles. The lowest BCUT2D eigenvalue weighted by molar-refractivity contribution is 0.146. The number of carbonyl (C=O) groups is 1. The number of urea groups is 1. The molecule has 0 spiro atoms. The highest BCUT2D eigenvalue weighted by Gasteiger charge is 2.27. The summed E-state index contributed by atoms with van der Waals surface area (Å²) < 4.78 is 0. The van der Waals surface area contributed by atoms with Gasteiger partial charge in [-0.2, -0.15) is 0 Å². The van der Waals surface area contributed by atoms with Crippen LogP contribution in [0.15, 0.2) is 0 Å². The highest BCUT2D eigenvalue weighted by molar-refractivity contribution is 5.74. The van der Waals surface area contributed by atoms with Crippen molar-refractivity contribution in [3.8, 4) is 0 Å². The fraction of sp³-hybridized carbons (Fsp3) is 0.923. The van der Waals surface area contributed by atoms with Gasteiger partial charge < -0.3 is 9.80 Å². The van der Waals surface area contributed by atoms with E-state index in [0.717, 1.165) is 13.0 Å². The predicted octanol–water partition coefficient (Wildman–Crippen LogP) is 2.96. The molecule has 0 aromatic rings. The molecule has 1 aliphatic rings. The smallest absolute Gasteiger partial charge is 0.319 e. The van der Waals surface area contributed by atoms with Crippen molar-refractivity contribution >= 4 is 6.03 Å². The summed E-state index contributed by atoms with van der Waals surface area (Å²) in [5.41, 5.74) is 0. The number of hydrogen-bond donors (Lipinski definition) is 0. The molecule has 0 radical (unpaired) electrons. The van der Waals surface area contributed by atoms with Crippen molar-refractivity contribution in [1.82, 2.24) is 9.80 Å². The van der Waals surface area contributed by atoms with Crippen molar-refractivity contribution in [2.24, 2.45) is 5.92 Å². The Bertz CT molecular complexity index is 220. The Morgan fingerprint density at radius 1 is 1.25 bits per heavy atom. The van der Waals surface area contributed by atoms with Gasteiger partial charge in [0.25, 0.3) is 0 Å². The summed E-state index contributed by atoms with van der Waals surface area (Å²) in [6, 6.07) is 0.682. The summed E-state index contributed by atoms with van der Waals surface area (Å²) in [6.45, 7) is 5.35. The van der Waals surface area contributed by atoms with Gasteiger partial charge in [-0.3, -0.25) is 0 Å². The summed E-state index contributed by atoms with van der Waals surface area (Å²) in [6.07, 6.45) is 6.05. The van der Waals surface area contributed by atoms with Gasteiger partial charge in [-0.15, -0.1) is 0 Å². The van der Waals surface area contributed by atoms with E-state index < -0.39 is 0 Å². The fourth-order valence-electron chi connectivity index (χ4n) is 2.30. The molecule has 0 N–H and O–H groups in total. The van der Waals surface area contributed by atoms with E-state index in [0.29, 0.717) is 12.0 Å². The minimum Gasteiger partial charge on any atom is -0.331 e. The Balaban J connectivity index is 2.56. The van der Waals surface area contributed by atoms with Crippen molar-refractivity contribution in [2.75, 3.05) is 20.6 Å². The standard InChI is InChI=1S/C13H26N2O/c1-11(2)9-10-15(13(16)14(3)4)12-7-5-6-8-12/h11-12H,5-10H2,1-4H3. The summed E-state index contributed by atoms with van der Waals surface area (Å²) in [5, 5.41) is 0. The van der Waals surface area contributed by atoms with Crippen molar-refractivity contribution in [1.29, 1.82) is 0 Å². The lowest BCUT2D eigenvalue weighted by atomic mass is 10.1. The predicted molar refractivity (Wildman–Crippen MR) is 67.5 cm³/mol. The third-order valence-electron chi connectivity index (χ3n) is 3.34. The van der Waals surface area contributed by atoms with Gasteiger partial charge in [0.15, 0.2) is 0 Å². The molecule has 2 amide bonds. The first kappa shape index (κ1) is 13.3. The maximum absolute atomic E-state index is 12.1. The third kappa shape index (κ3) is 3.69. The van der Waals surface area contributed by atoms with Gasteiger partial charge in [0.05, 0.1) is 0 Å². The van der Waals surface area contributed by atoms with Crippen LogP contribution in [0.5, 0.6) is 0 Å². The first-order valence-corrected chi connectivity index (χ1v) is 6.50. The molecule has 0 atom stereocenters. The molecule has 0 aliphatic heterocycles. The van der Waals surface area contributed by atoms with Gasteiger partial charge in [-0.25, -0.2) is 4.79 Å². The highest BCUT2D eigenvalue weighted by atomic mass is 16.2. The molecule has 0 aromatic carbocycles. The Morgan fingerprint density at radius 2 is 1.81 bits per heavy atom. The zero-order valence-corrected chi connectivity index (χ0v) is 11.2. The first-order valence-electron chi connectivity index (χ1n) is 6.50. The van der Waals surface area contributed by atoms with Gasteiger partial charge in [0.2, 0.25) is 0 Å². The molecule has 0 unspecified atom stereocenters. The fourth-order valence-corrected chi connectivity index (χ4v) is 2.30. The molecule has 0 aromatic heterocycles. The molecular weight excluding hydrogens is 200 g/mol. The molecule has 16 heavy (non-hydrogen) atoms. The SMILES string of the molecule is CC(C)CCN(C(=O)N(C)C)C1CCCC1. The van der Waals surface area contributed by atoms with Crippen LogP contribution in [0.25, 0.3) is 0 Å². The minimum atomic E-state index is 0.188. The summed E-state index contributed by atoms with van der Waals surface area (Å²) in [5.74, 6) is 0.666. The van der Waals surface area contributed by atoms with Crippen molar-refractivity contribution in [3.63, 3.8) is 0 Å². The van der Waals surface area contributed by atoms with Crippen LogP contribution in [-0.2, 0) is 0 Å². The second-order valence-electron chi connectivity index (χ2n) is 5.49. The number of amides is 2. The van der Waals surface area contributed by atoms with E-state index in [1.165, 1.54) is 25.7 Å². The zero-order chi connectivity index (χ0) is 12.1. The van der Waals surface area contributed by atoms with Crippen LogP contribution in [-0.4, -0.2) is 42.5 Å². The van der Waals surface area contributed by atoms with Crippen LogP contribution >= 0.6 is 0 Å². The van der Waals surface area contributed by atoms with Gasteiger partial charge in [0, 0.05) is 26.7 Å². The van der Waals surface area contributed by atoms with Crippen LogP contribution in [0, 0.1) is 5.92 Å². The normalized spacial score (nSPS) is 16.8. The van der Waals surface area contributed by atoms with Crippen molar-refractivity contribution in [2.45, 2.75) is 52.0 Å². The molecular formula is C13H26N2O. The number of nitrogens with zero attached hydrogens (tertiary/aromatic N) is 2. The van der Waals surface area contributed by atoms with E-state index in [1.807, 2.05) is 14.1 Å². The van der Waals surface area contributed by atoms with E-state index in [1.54, 1.807) is 4.90 Å². The largest absolute Gasteiger partial charge is 0.331 e. The molecule has 0 heterocycles. The van der Waals surface area contributed by atoms with Crippen LogP contribution < -0.4 is 0 Å². The molecule has 1 aliphatic carbocycles. The quantitative estimate of drug-likeness (QED) is 0.723.